The topological polar surface area (TPSA) is 59.0 Å². The lowest BCUT2D eigenvalue weighted by Crippen LogP contribution is -2.36. The molecule has 4 rings (SSSR count). The molecule has 1 unspecified atom stereocenters. The van der Waals surface area contributed by atoms with Crippen LogP contribution in [0.25, 0.3) is 5.69 Å². The molecule has 6 heteroatoms. The van der Waals surface area contributed by atoms with Gasteiger partial charge in [-0.1, -0.05) is 0 Å². The van der Waals surface area contributed by atoms with Crippen molar-refractivity contribution >= 4 is 5.91 Å². The number of benzene rings is 1. The predicted molar refractivity (Wildman–Crippen MR) is 88.7 cm³/mol. The van der Waals surface area contributed by atoms with Crippen molar-refractivity contribution in [3.63, 3.8) is 0 Å². The van der Waals surface area contributed by atoms with E-state index in [1.165, 1.54) is 12.1 Å². The van der Waals surface area contributed by atoms with Crippen LogP contribution in [0.3, 0.4) is 0 Å². The maximum Gasteiger partial charge on any atom is 0.272 e. The highest BCUT2D eigenvalue weighted by atomic mass is 19.1. The highest BCUT2D eigenvalue weighted by Gasteiger charge is 2.54. The normalized spacial score (nSPS) is 21.7. The standard InChI is InChI=1S/C18H21FN4O/c1-12-11-23(14-4-2-13(19)3-5-14)22-16(12)17(24)21-15-10-18(15)6-8-20-9-7-18/h2-5,11,15,20H,6-10H2,1H3,(H,21,24). The monoisotopic (exact) mass is 328 g/mol. The summed E-state index contributed by atoms with van der Waals surface area (Å²) >= 11 is 0. The molecule has 2 heterocycles. The number of amides is 1. The Morgan fingerprint density at radius 1 is 1.33 bits per heavy atom. The van der Waals surface area contributed by atoms with E-state index in [1.54, 1.807) is 23.0 Å². The highest BCUT2D eigenvalue weighted by molar-refractivity contribution is 5.94. The van der Waals surface area contributed by atoms with Gasteiger partial charge in [0.2, 0.25) is 0 Å². The first-order valence-electron chi connectivity index (χ1n) is 8.41. The van der Waals surface area contributed by atoms with E-state index >= 15 is 0 Å². The van der Waals surface area contributed by atoms with E-state index in [-0.39, 0.29) is 17.8 Å². The molecular formula is C18H21FN4O. The Hall–Kier alpha value is -2.21. The maximum absolute atomic E-state index is 13.0. The van der Waals surface area contributed by atoms with Crippen molar-refractivity contribution in [2.24, 2.45) is 5.41 Å². The Labute approximate surface area is 140 Å². The lowest BCUT2D eigenvalue weighted by atomic mass is 9.94. The van der Waals surface area contributed by atoms with Crippen molar-refractivity contribution in [1.82, 2.24) is 20.4 Å². The number of hydrogen-bond donors (Lipinski definition) is 2. The smallest absolute Gasteiger partial charge is 0.272 e. The summed E-state index contributed by atoms with van der Waals surface area (Å²) in [7, 11) is 0. The largest absolute Gasteiger partial charge is 0.347 e. The van der Waals surface area contributed by atoms with E-state index in [0.717, 1.165) is 43.6 Å². The van der Waals surface area contributed by atoms with Gasteiger partial charge in [0.1, 0.15) is 5.82 Å². The first-order valence-corrected chi connectivity index (χ1v) is 8.41. The van der Waals surface area contributed by atoms with Gasteiger partial charge in [0.05, 0.1) is 5.69 Å². The minimum atomic E-state index is -0.290. The molecule has 2 aliphatic rings. The summed E-state index contributed by atoms with van der Waals surface area (Å²) in [6.45, 7) is 3.93. The van der Waals surface area contributed by atoms with Crippen LogP contribution in [0.5, 0.6) is 0 Å². The van der Waals surface area contributed by atoms with Gasteiger partial charge >= 0.3 is 0 Å². The Morgan fingerprint density at radius 2 is 2.04 bits per heavy atom. The van der Waals surface area contributed by atoms with Crippen LogP contribution in [0.1, 0.15) is 35.3 Å². The summed E-state index contributed by atoms with van der Waals surface area (Å²) in [5.74, 6) is -0.407. The van der Waals surface area contributed by atoms with E-state index in [4.69, 9.17) is 0 Å². The molecule has 0 radical (unpaired) electrons. The van der Waals surface area contributed by atoms with Crippen LogP contribution in [-0.4, -0.2) is 34.8 Å². The summed E-state index contributed by atoms with van der Waals surface area (Å²) in [4.78, 5) is 12.6. The maximum atomic E-state index is 13.0. The van der Waals surface area contributed by atoms with Gasteiger partial charge < -0.3 is 10.6 Å². The fraction of sp³-hybridized carbons (Fsp3) is 0.444. The molecule has 2 aromatic rings. The summed E-state index contributed by atoms with van der Waals surface area (Å²) in [6, 6.07) is 6.33. The fourth-order valence-corrected chi connectivity index (χ4v) is 3.67. The number of halogens is 1. The third-order valence-corrected chi connectivity index (χ3v) is 5.30. The molecule has 5 nitrogen and oxygen atoms in total. The molecule has 1 aliphatic carbocycles. The molecule has 126 valence electrons. The van der Waals surface area contributed by atoms with Crippen LogP contribution in [0.4, 0.5) is 4.39 Å². The number of carbonyl (C=O) groups is 1. The molecule has 0 bridgehead atoms. The van der Waals surface area contributed by atoms with Crippen LogP contribution < -0.4 is 10.6 Å². The number of aryl methyl sites for hydroxylation is 1. The van der Waals surface area contributed by atoms with Crippen LogP contribution in [0.2, 0.25) is 0 Å². The Bertz CT molecular complexity index is 762. The van der Waals surface area contributed by atoms with Crippen molar-refractivity contribution in [3.8, 4) is 5.69 Å². The highest BCUT2D eigenvalue weighted by Crippen LogP contribution is 2.52. The number of carbonyl (C=O) groups excluding carboxylic acids is 1. The van der Waals surface area contributed by atoms with Crippen molar-refractivity contribution in [2.45, 2.75) is 32.2 Å². The summed E-state index contributed by atoms with van der Waals surface area (Å²) in [5, 5.41) is 10.9. The van der Waals surface area contributed by atoms with E-state index < -0.39 is 0 Å². The summed E-state index contributed by atoms with van der Waals surface area (Å²) < 4.78 is 14.7. The van der Waals surface area contributed by atoms with E-state index in [0.29, 0.717) is 11.1 Å². The van der Waals surface area contributed by atoms with Gasteiger partial charge in [0, 0.05) is 17.8 Å². The van der Waals surface area contributed by atoms with Crippen LogP contribution in [0.15, 0.2) is 30.5 Å². The Balaban J connectivity index is 1.48. The third-order valence-electron chi connectivity index (χ3n) is 5.30. The minimum absolute atomic E-state index is 0.117. The van der Waals surface area contributed by atoms with Gasteiger partial charge in [0.25, 0.3) is 5.91 Å². The zero-order valence-electron chi connectivity index (χ0n) is 13.7. The van der Waals surface area contributed by atoms with Crippen molar-refractivity contribution in [1.29, 1.82) is 0 Å². The van der Waals surface area contributed by atoms with Gasteiger partial charge in [-0.15, -0.1) is 0 Å². The van der Waals surface area contributed by atoms with Gasteiger partial charge in [-0.05, 0) is 69.0 Å². The Morgan fingerprint density at radius 3 is 2.75 bits per heavy atom. The third kappa shape index (κ3) is 2.71. The first kappa shape index (κ1) is 15.3. The average molecular weight is 328 g/mol. The molecular weight excluding hydrogens is 307 g/mol. The second kappa shape index (κ2) is 5.70. The Kier molecular flexibility index (Phi) is 3.64. The minimum Gasteiger partial charge on any atom is -0.347 e. The molecule has 1 aromatic heterocycles. The molecule has 1 aliphatic heterocycles. The van der Waals surface area contributed by atoms with Gasteiger partial charge in [-0.2, -0.15) is 5.10 Å². The number of piperidine rings is 1. The van der Waals surface area contributed by atoms with Crippen molar-refractivity contribution < 1.29 is 9.18 Å². The molecule has 1 saturated heterocycles. The van der Waals surface area contributed by atoms with Crippen LogP contribution >= 0.6 is 0 Å². The molecule has 1 atom stereocenters. The van der Waals surface area contributed by atoms with Gasteiger partial charge in [0.15, 0.2) is 5.69 Å². The molecule has 1 spiro atoms. The van der Waals surface area contributed by atoms with E-state index in [1.807, 2.05) is 6.92 Å². The van der Waals surface area contributed by atoms with Crippen molar-refractivity contribution in [3.05, 3.63) is 47.5 Å². The number of rotatable bonds is 3. The molecule has 1 amide bonds. The van der Waals surface area contributed by atoms with Crippen LogP contribution in [0, 0.1) is 18.2 Å². The average Bonchev–Trinajstić information content (AvgIpc) is 3.05. The van der Waals surface area contributed by atoms with Gasteiger partial charge in [-0.3, -0.25) is 4.79 Å². The molecule has 1 saturated carbocycles. The molecule has 1 aromatic carbocycles. The second-order valence-corrected chi connectivity index (χ2v) is 6.92. The molecule has 24 heavy (non-hydrogen) atoms. The number of nitrogens with zero attached hydrogens (tertiary/aromatic N) is 2. The SMILES string of the molecule is Cc1cn(-c2ccc(F)cc2)nc1C(=O)NC1CC12CCNCC2. The lowest BCUT2D eigenvalue weighted by molar-refractivity contribution is 0.0936. The second-order valence-electron chi connectivity index (χ2n) is 6.92. The number of aromatic nitrogens is 2. The molecule has 2 fully saturated rings. The molecule has 2 N–H and O–H groups in total. The van der Waals surface area contributed by atoms with Gasteiger partial charge in [-0.25, -0.2) is 9.07 Å². The number of hydrogen-bond acceptors (Lipinski definition) is 3. The summed E-state index contributed by atoms with van der Waals surface area (Å²) in [6.07, 6.45) is 5.12. The quantitative estimate of drug-likeness (QED) is 0.908. The van der Waals surface area contributed by atoms with E-state index in [9.17, 15) is 9.18 Å². The van der Waals surface area contributed by atoms with Crippen molar-refractivity contribution in [2.75, 3.05) is 13.1 Å². The first-order chi connectivity index (χ1) is 11.6. The zero-order chi connectivity index (χ0) is 16.7. The zero-order valence-corrected chi connectivity index (χ0v) is 13.7. The van der Waals surface area contributed by atoms with E-state index in [2.05, 4.69) is 15.7 Å². The fourth-order valence-electron chi connectivity index (χ4n) is 3.67. The number of nitrogens with one attached hydrogen (secondary N) is 2. The summed E-state index contributed by atoms with van der Waals surface area (Å²) in [5.41, 5.74) is 2.29. The predicted octanol–water partition coefficient (Wildman–Crippen LogP) is 2.19. The van der Waals surface area contributed by atoms with Crippen LogP contribution in [-0.2, 0) is 0 Å². The lowest BCUT2D eigenvalue weighted by Gasteiger charge is -2.23.